The summed E-state index contributed by atoms with van der Waals surface area (Å²) in [6, 6.07) is 45.1. The molecule has 5 aromatic carbocycles. The predicted octanol–water partition coefficient (Wildman–Crippen LogP) is 11.2. The highest BCUT2D eigenvalue weighted by Crippen LogP contribution is 2.35. The summed E-state index contributed by atoms with van der Waals surface area (Å²) in [5.41, 5.74) is 11.3. The maximum atomic E-state index is 5.24. The molecule has 2 nitrogen and oxygen atoms in total. The van der Waals surface area contributed by atoms with Crippen molar-refractivity contribution >= 4 is 43.7 Å². The summed E-state index contributed by atoms with van der Waals surface area (Å²) in [6.45, 7) is 4.40. The Kier molecular flexibility index (Phi) is 7.10. The lowest BCUT2D eigenvalue weighted by Gasteiger charge is -2.14. The molecule has 43 heavy (non-hydrogen) atoms. The van der Waals surface area contributed by atoms with Crippen LogP contribution in [0.3, 0.4) is 0 Å². The highest BCUT2D eigenvalue weighted by Gasteiger charge is 2.13. The average molecular weight is 553 g/mol. The first-order valence-electron chi connectivity index (χ1n) is 14.9. The minimum absolute atomic E-state index is 0.897. The van der Waals surface area contributed by atoms with Crippen LogP contribution in [-0.4, -0.2) is 9.97 Å². The Hall–Kier alpha value is -5.34. The number of pyridine rings is 2. The second-order valence-electron chi connectivity index (χ2n) is 11.0. The van der Waals surface area contributed by atoms with Crippen LogP contribution in [0.1, 0.15) is 31.4 Å². The van der Waals surface area contributed by atoms with Gasteiger partial charge in [-0.1, -0.05) is 122 Å². The molecular weight excluding hydrogens is 520 g/mol. The molecule has 0 unspecified atom stereocenters. The van der Waals surface area contributed by atoms with Gasteiger partial charge < -0.3 is 0 Å². The molecule has 0 fully saturated rings. The van der Waals surface area contributed by atoms with Crippen LogP contribution >= 0.6 is 0 Å². The summed E-state index contributed by atoms with van der Waals surface area (Å²) < 4.78 is 0. The lowest BCUT2D eigenvalue weighted by Crippen LogP contribution is -1.94. The lowest BCUT2D eigenvalue weighted by molar-refractivity contribution is 1.24. The summed E-state index contributed by atoms with van der Waals surface area (Å²) in [5.74, 6) is 0. The van der Waals surface area contributed by atoms with E-state index in [1.54, 1.807) is 0 Å². The van der Waals surface area contributed by atoms with Crippen molar-refractivity contribution in [2.24, 2.45) is 0 Å². The zero-order valence-electron chi connectivity index (χ0n) is 24.5. The van der Waals surface area contributed by atoms with Crippen molar-refractivity contribution < 1.29 is 0 Å². The molecule has 206 valence electrons. The molecule has 2 aromatic heterocycles. The van der Waals surface area contributed by atoms with Gasteiger partial charge in [-0.2, -0.15) is 0 Å². The minimum Gasteiger partial charge on any atom is -0.256 e. The highest BCUT2D eigenvalue weighted by molar-refractivity contribution is 5.98. The Morgan fingerprint density at radius 1 is 0.605 bits per heavy atom. The summed E-state index contributed by atoms with van der Waals surface area (Å²) in [4.78, 5) is 9.92. The molecule has 2 heterocycles. The highest BCUT2D eigenvalue weighted by atomic mass is 14.7. The van der Waals surface area contributed by atoms with E-state index < -0.39 is 0 Å². The van der Waals surface area contributed by atoms with Crippen LogP contribution in [0.2, 0.25) is 0 Å². The van der Waals surface area contributed by atoms with Crippen LogP contribution in [0.25, 0.3) is 66.1 Å². The molecule has 0 radical (unpaired) electrons. The molecule has 0 amide bonds. The van der Waals surface area contributed by atoms with Crippen LogP contribution in [0, 0.1) is 0 Å². The zero-order chi connectivity index (χ0) is 29.2. The molecule has 7 aromatic rings. The molecule has 0 N–H and O–H groups in total. The van der Waals surface area contributed by atoms with Crippen LogP contribution in [0.5, 0.6) is 0 Å². The fourth-order valence-corrected chi connectivity index (χ4v) is 5.94. The first-order valence-corrected chi connectivity index (χ1v) is 14.9. The van der Waals surface area contributed by atoms with Crippen molar-refractivity contribution in [1.82, 2.24) is 9.97 Å². The number of benzene rings is 5. The van der Waals surface area contributed by atoms with Gasteiger partial charge >= 0.3 is 0 Å². The summed E-state index contributed by atoms with van der Waals surface area (Å²) in [7, 11) is 0. The number of fused-ring (bicyclic) bond motifs is 3. The molecule has 7 rings (SSSR count). The fraction of sp³-hybridized carbons (Fsp3) is 0.0732. The fourth-order valence-electron chi connectivity index (χ4n) is 5.94. The topological polar surface area (TPSA) is 25.8 Å². The standard InChI is InChI=1S/C41H32N2/c1-3-29(19-18-28(2)36-17-9-15-32-16-10-24-42-41(32)36)38-27-39(35-21-20-31-13-7-8-14-33(31)25-35)43-40-26-34(22-23-37(38)40)30-11-5-4-6-12-30/h4-27H,3H2,1-2H3/b28-18+,29-19+. The van der Waals surface area contributed by atoms with Gasteiger partial charge in [-0.15, -0.1) is 0 Å². The molecule has 0 bridgehead atoms. The number of allylic oxidation sites excluding steroid dienone is 4. The number of hydrogen-bond acceptors (Lipinski definition) is 2. The largest absolute Gasteiger partial charge is 0.256 e. The molecule has 0 spiro atoms. The van der Waals surface area contributed by atoms with Gasteiger partial charge in [0, 0.05) is 28.1 Å². The number of hydrogen-bond donors (Lipinski definition) is 0. The second-order valence-corrected chi connectivity index (χ2v) is 11.0. The van der Waals surface area contributed by atoms with Gasteiger partial charge in [0.1, 0.15) is 0 Å². The third-order valence-corrected chi connectivity index (χ3v) is 8.28. The van der Waals surface area contributed by atoms with Gasteiger partial charge in [0.25, 0.3) is 0 Å². The quantitative estimate of drug-likeness (QED) is 0.192. The van der Waals surface area contributed by atoms with Crippen LogP contribution in [0.4, 0.5) is 0 Å². The van der Waals surface area contributed by atoms with E-state index >= 15 is 0 Å². The van der Waals surface area contributed by atoms with Crippen molar-refractivity contribution in [3.8, 4) is 22.4 Å². The third-order valence-electron chi connectivity index (χ3n) is 8.28. The summed E-state index contributed by atoms with van der Waals surface area (Å²) in [5, 5.41) is 4.77. The summed E-state index contributed by atoms with van der Waals surface area (Å²) in [6.07, 6.45) is 7.28. The number of aromatic nitrogens is 2. The Morgan fingerprint density at radius 2 is 1.37 bits per heavy atom. The molecule has 0 saturated carbocycles. The summed E-state index contributed by atoms with van der Waals surface area (Å²) >= 11 is 0. The Balaban J connectivity index is 1.40. The van der Waals surface area contributed by atoms with Gasteiger partial charge in [0.05, 0.1) is 16.7 Å². The van der Waals surface area contributed by atoms with Crippen molar-refractivity contribution in [2.75, 3.05) is 0 Å². The van der Waals surface area contributed by atoms with Crippen molar-refractivity contribution in [3.05, 3.63) is 157 Å². The first kappa shape index (κ1) is 26.6. The predicted molar refractivity (Wildman–Crippen MR) is 184 cm³/mol. The van der Waals surface area contributed by atoms with Crippen molar-refractivity contribution in [1.29, 1.82) is 0 Å². The van der Waals surface area contributed by atoms with Gasteiger partial charge in [0.2, 0.25) is 0 Å². The van der Waals surface area contributed by atoms with E-state index in [-0.39, 0.29) is 0 Å². The minimum atomic E-state index is 0.897. The van der Waals surface area contributed by atoms with Gasteiger partial charge in [-0.3, -0.25) is 4.98 Å². The first-order chi connectivity index (χ1) is 21.2. The maximum absolute atomic E-state index is 5.24. The lowest BCUT2D eigenvalue weighted by atomic mass is 9.93. The van der Waals surface area contributed by atoms with Crippen molar-refractivity contribution in [3.63, 3.8) is 0 Å². The maximum Gasteiger partial charge on any atom is 0.0776 e. The second kappa shape index (κ2) is 11.5. The SMILES string of the molecule is CC/C(=C\C=C(/C)c1cccc2cccnc12)c1cc(-c2ccc3ccccc3c2)nc2cc(-c3ccccc3)ccc12. The Morgan fingerprint density at radius 3 is 2.23 bits per heavy atom. The van der Waals surface area contributed by atoms with E-state index in [1.807, 2.05) is 12.3 Å². The average Bonchev–Trinajstić information content (AvgIpc) is 3.08. The Labute approximate surface area is 252 Å². The van der Waals surface area contributed by atoms with Crippen LogP contribution < -0.4 is 0 Å². The van der Waals surface area contributed by atoms with E-state index in [0.29, 0.717) is 0 Å². The molecule has 0 aliphatic rings. The van der Waals surface area contributed by atoms with Gasteiger partial charge in [-0.25, -0.2) is 4.98 Å². The van der Waals surface area contributed by atoms with Gasteiger partial charge in [-0.05, 0) is 76.2 Å². The zero-order valence-corrected chi connectivity index (χ0v) is 24.5. The number of para-hydroxylation sites is 1. The van der Waals surface area contributed by atoms with E-state index in [0.717, 1.165) is 45.0 Å². The normalized spacial score (nSPS) is 12.3. The molecule has 2 heteroatoms. The van der Waals surface area contributed by atoms with E-state index in [2.05, 4.69) is 152 Å². The number of rotatable bonds is 6. The van der Waals surface area contributed by atoms with Crippen LogP contribution in [0.15, 0.2) is 146 Å². The monoisotopic (exact) mass is 552 g/mol. The molecule has 0 aliphatic carbocycles. The molecule has 0 saturated heterocycles. The van der Waals surface area contributed by atoms with Crippen LogP contribution in [-0.2, 0) is 0 Å². The molecule has 0 aliphatic heterocycles. The smallest absolute Gasteiger partial charge is 0.0776 e. The van der Waals surface area contributed by atoms with Gasteiger partial charge in [0.15, 0.2) is 0 Å². The van der Waals surface area contributed by atoms with Crippen molar-refractivity contribution in [2.45, 2.75) is 20.3 Å². The van der Waals surface area contributed by atoms with E-state index in [4.69, 9.17) is 4.98 Å². The molecule has 0 atom stereocenters. The number of nitrogens with zero attached hydrogens (tertiary/aromatic N) is 2. The van der Waals surface area contributed by atoms with E-state index in [9.17, 15) is 0 Å². The van der Waals surface area contributed by atoms with E-state index in [1.165, 1.54) is 38.6 Å². The third kappa shape index (κ3) is 5.24. The molecular formula is C41H32N2. The Bertz CT molecular complexity index is 2170.